The Kier molecular flexibility index (Phi) is 4.72. The smallest absolute Gasteiger partial charge is 0.160 e. The minimum absolute atomic E-state index is 0.225. The number of hydrogen-bond donors (Lipinski definition) is 0. The van der Waals surface area contributed by atoms with Gasteiger partial charge in [0.1, 0.15) is 5.82 Å². The summed E-state index contributed by atoms with van der Waals surface area (Å²) in [5.41, 5.74) is 1.01. The van der Waals surface area contributed by atoms with E-state index in [2.05, 4.69) is 37.5 Å². The first kappa shape index (κ1) is 15.4. The van der Waals surface area contributed by atoms with Crippen molar-refractivity contribution in [2.24, 2.45) is 0 Å². The molecule has 1 aliphatic rings. The second-order valence-corrected chi connectivity index (χ2v) is 6.43. The third kappa shape index (κ3) is 3.30. The van der Waals surface area contributed by atoms with Crippen molar-refractivity contribution in [2.45, 2.75) is 6.17 Å². The molecule has 0 radical (unpaired) electrons. The van der Waals surface area contributed by atoms with E-state index in [1.807, 2.05) is 6.20 Å². The summed E-state index contributed by atoms with van der Waals surface area (Å²) in [4.78, 5) is 15.7. The number of carbonyl (C=O) groups excluding carboxylic acids is 1. The molecule has 7 heteroatoms. The highest BCUT2D eigenvalue weighted by molar-refractivity contribution is 14.1. The molecule has 2 heterocycles. The monoisotopic (exact) mass is 414 g/mol. The minimum Gasteiger partial charge on any atom is -0.369 e. The molecule has 22 heavy (non-hydrogen) atoms. The van der Waals surface area contributed by atoms with Crippen molar-refractivity contribution >= 4 is 34.6 Å². The Morgan fingerprint density at radius 3 is 2.41 bits per heavy atom. The van der Waals surface area contributed by atoms with Crippen molar-refractivity contribution < 1.29 is 9.18 Å². The molecule has 0 aliphatic carbocycles. The van der Waals surface area contributed by atoms with Gasteiger partial charge >= 0.3 is 0 Å². The van der Waals surface area contributed by atoms with Gasteiger partial charge in [-0.3, -0.25) is 9.69 Å². The SMILES string of the molecule is O=CC(N1CCN(c2ccc(F)cc2)CC1)n1cc(I)cn1. The third-order valence-electron chi connectivity index (χ3n) is 3.84. The average Bonchev–Trinajstić information content (AvgIpc) is 2.96. The molecule has 5 nitrogen and oxygen atoms in total. The Morgan fingerprint density at radius 1 is 1.18 bits per heavy atom. The molecule has 1 saturated heterocycles. The first-order valence-electron chi connectivity index (χ1n) is 7.07. The summed E-state index contributed by atoms with van der Waals surface area (Å²) in [6.07, 6.45) is 4.17. The summed E-state index contributed by atoms with van der Waals surface area (Å²) in [6.45, 7) is 3.12. The van der Waals surface area contributed by atoms with Crippen LogP contribution in [0.3, 0.4) is 0 Å². The van der Waals surface area contributed by atoms with Crippen LogP contribution in [0.15, 0.2) is 36.7 Å². The molecular formula is C15H16FIN4O. The van der Waals surface area contributed by atoms with Gasteiger partial charge < -0.3 is 4.90 Å². The van der Waals surface area contributed by atoms with E-state index in [4.69, 9.17) is 0 Å². The second kappa shape index (κ2) is 6.74. The Balaban J connectivity index is 1.65. The van der Waals surface area contributed by atoms with Crippen molar-refractivity contribution in [1.82, 2.24) is 14.7 Å². The van der Waals surface area contributed by atoms with Crippen molar-refractivity contribution in [1.29, 1.82) is 0 Å². The quantitative estimate of drug-likeness (QED) is 0.568. The van der Waals surface area contributed by atoms with Crippen LogP contribution in [0.25, 0.3) is 0 Å². The number of aldehydes is 1. The van der Waals surface area contributed by atoms with Crippen LogP contribution in [0.5, 0.6) is 0 Å². The van der Waals surface area contributed by atoms with E-state index >= 15 is 0 Å². The van der Waals surface area contributed by atoms with Crippen molar-refractivity contribution in [3.05, 3.63) is 46.0 Å². The summed E-state index contributed by atoms with van der Waals surface area (Å²) in [6, 6.07) is 6.53. The first-order valence-corrected chi connectivity index (χ1v) is 8.15. The molecule has 1 fully saturated rings. The van der Waals surface area contributed by atoms with E-state index in [1.54, 1.807) is 23.0 Å². The lowest BCUT2D eigenvalue weighted by atomic mass is 10.2. The highest BCUT2D eigenvalue weighted by atomic mass is 127. The van der Waals surface area contributed by atoms with Gasteiger partial charge in [0.25, 0.3) is 0 Å². The van der Waals surface area contributed by atoms with Gasteiger partial charge in [-0.15, -0.1) is 0 Å². The van der Waals surface area contributed by atoms with Crippen molar-refractivity contribution in [2.75, 3.05) is 31.1 Å². The van der Waals surface area contributed by atoms with Gasteiger partial charge in [0.15, 0.2) is 12.5 Å². The van der Waals surface area contributed by atoms with Crippen LogP contribution < -0.4 is 4.90 Å². The van der Waals surface area contributed by atoms with Gasteiger partial charge in [-0.25, -0.2) is 9.07 Å². The molecule has 0 bridgehead atoms. The average molecular weight is 414 g/mol. The lowest BCUT2D eigenvalue weighted by Gasteiger charge is -2.38. The zero-order chi connectivity index (χ0) is 15.5. The Hall–Kier alpha value is -1.48. The van der Waals surface area contributed by atoms with Gasteiger partial charge in [0.05, 0.1) is 9.77 Å². The largest absolute Gasteiger partial charge is 0.369 e. The molecular weight excluding hydrogens is 398 g/mol. The van der Waals surface area contributed by atoms with Crippen LogP contribution in [0.2, 0.25) is 0 Å². The van der Waals surface area contributed by atoms with Gasteiger partial charge in [-0.1, -0.05) is 0 Å². The number of benzene rings is 1. The van der Waals surface area contributed by atoms with Crippen LogP contribution in [-0.4, -0.2) is 47.1 Å². The van der Waals surface area contributed by atoms with Crippen LogP contribution in [0.4, 0.5) is 10.1 Å². The maximum absolute atomic E-state index is 13.0. The van der Waals surface area contributed by atoms with Gasteiger partial charge in [-0.2, -0.15) is 5.10 Å². The number of nitrogens with zero attached hydrogens (tertiary/aromatic N) is 4. The van der Waals surface area contributed by atoms with Crippen LogP contribution in [-0.2, 0) is 4.79 Å². The number of carbonyl (C=O) groups is 1. The van der Waals surface area contributed by atoms with Crippen LogP contribution >= 0.6 is 22.6 Å². The summed E-state index contributed by atoms with van der Waals surface area (Å²) >= 11 is 2.18. The van der Waals surface area contributed by atoms with Gasteiger partial charge in [0, 0.05) is 38.1 Å². The van der Waals surface area contributed by atoms with Crippen molar-refractivity contribution in [3.63, 3.8) is 0 Å². The third-order valence-corrected chi connectivity index (χ3v) is 4.40. The fourth-order valence-corrected chi connectivity index (χ4v) is 3.08. The van der Waals surface area contributed by atoms with E-state index in [0.29, 0.717) is 0 Å². The maximum Gasteiger partial charge on any atom is 0.160 e. The highest BCUT2D eigenvalue weighted by Crippen LogP contribution is 2.20. The molecule has 1 unspecified atom stereocenters. The van der Waals surface area contributed by atoms with E-state index in [9.17, 15) is 9.18 Å². The normalized spacial score (nSPS) is 17.5. The lowest BCUT2D eigenvalue weighted by Crippen LogP contribution is -2.49. The fraction of sp³-hybridized carbons (Fsp3) is 0.333. The Morgan fingerprint density at radius 2 is 1.86 bits per heavy atom. The molecule has 3 rings (SSSR count). The number of anilines is 1. The van der Waals surface area contributed by atoms with Crippen LogP contribution in [0.1, 0.15) is 6.17 Å². The number of halogens is 2. The molecule has 1 aliphatic heterocycles. The zero-order valence-corrected chi connectivity index (χ0v) is 14.1. The fourth-order valence-electron chi connectivity index (χ4n) is 2.67. The van der Waals surface area contributed by atoms with Gasteiger partial charge in [-0.05, 0) is 46.9 Å². The first-order chi connectivity index (χ1) is 10.7. The predicted molar refractivity (Wildman–Crippen MR) is 90.2 cm³/mol. The number of piperazine rings is 1. The topological polar surface area (TPSA) is 41.4 Å². The van der Waals surface area contributed by atoms with E-state index < -0.39 is 0 Å². The molecule has 1 atom stereocenters. The molecule has 1 aromatic heterocycles. The molecule has 0 spiro atoms. The highest BCUT2D eigenvalue weighted by Gasteiger charge is 2.25. The number of hydrogen-bond acceptors (Lipinski definition) is 4. The molecule has 0 amide bonds. The van der Waals surface area contributed by atoms with E-state index in [-0.39, 0.29) is 12.0 Å². The molecule has 2 aromatic rings. The van der Waals surface area contributed by atoms with E-state index in [1.165, 1.54) is 12.1 Å². The molecule has 1 aromatic carbocycles. The Labute approximate surface area is 141 Å². The predicted octanol–water partition coefficient (Wildman–Crippen LogP) is 2.15. The second-order valence-electron chi connectivity index (χ2n) is 5.19. The van der Waals surface area contributed by atoms with E-state index in [0.717, 1.165) is 41.7 Å². The maximum atomic E-state index is 13.0. The number of aromatic nitrogens is 2. The molecule has 0 saturated carbocycles. The standard InChI is InChI=1S/C15H16FIN4O/c16-12-1-3-14(4-2-12)19-5-7-20(8-6-19)15(11-22)21-10-13(17)9-18-21/h1-4,9-11,15H,5-8H2. The minimum atomic E-state index is -0.362. The Bertz CT molecular complexity index is 637. The molecule has 0 N–H and O–H groups in total. The van der Waals surface area contributed by atoms with Gasteiger partial charge in [0.2, 0.25) is 0 Å². The summed E-state index contributed by atoms with van der Waals surface area (Å²) in [5.74, 6) is -0.225. The lowest BCUT2D eigenvalue weighted by molar-refractivity contribution is -0.115. The van der Waals surface area contributed by atoms with Crippen LogP contribution in [0, 0.1) is 9.39 Å². The summed E-state index contributed by atoms with van der Waals surface area (Å²) in [5, 5.41) is 4.23. The molecule has 116 valence electrons. The summed E-state index contributed by atoms with van der Waals surface area (Å²) in [7, 11) is 0. The summed E-state index contributed by atoms with van der Waals surface area (Å²) < 4.78 is 15.7. The number of rotatable bonds is 4. The zero-order valence-electron chi connectivity index (χ0n) is 11.9. The van der Waals surface area contributed by atoms with Crippen molar-refractivity contribution in [3.8, 4) is 0 Å².